The fraction of sp³-hybridized carbons (Fsp3) is 0.519. The molecule has 37 heavy (non-hydrogen) atoms. The van der Waals surface area contributed by atoms with Crippen molar-refractivity contribution in [1.29, 1.82) is 0 Å². The highest BCUT2D eigenvalue weighted by Gasteiger charge is 2.56. The number of nitrogens with zero attached hydrogens (tertiary/aromatic N) is 2. The van der Waals surface area contributed by atoms with E-state index in [1.165, 1.54) is 21.3 Å². The van der Waals surface area contributed by atoms with Crippen LogP contribution in [0, 0.1) is 13.8 Å². The second-order valence-corrected chi connectivity index (χ2v) is 9.91. The van der Waals surface area contributed by atoms with Crippen molar-refractivity contribution >= 4 is 5.91 Å². The van der Waals surface area contributed by atoms with E-state index in [2.05, 4.69) is 0 Å². The number of amides is 1. The molecule has 3 aliphatic heterocycles. The number of aliphatic hydroxyl groups is 1. The summed E-state index contributed by atoms with van der Waals surface area (Å²) in [4.78, 5) is 17.8. The quantitative estimate of drug-likeness (QED) is 0.551. The number of carbonyl (C=O) groups is 1. The number of hydrogen-bond acceptors (Lipinski definition) is 9. The Morgan fingerprint density at radius 1 is 0.811 bits per heavy atom. The van der Waals surface area contributed by atoms with Gasteiger partial charge in [0.2, 0.25) is 5.91 Å². The first kappa shape index (κ1) is 25.3. The summed E-state index contributed by atoms with van der Waals surface area (Å²) in [5.74, 6) is 1.70. The maximum Gasteiger partial charge on any atom is 0.241 e. The number of phenols is 2. The van der Waals surface area contributed by atoms with Gasteiger partial charge >= 0.3 is 0 Å². The van der Waals surface area contributed by atoms with Crippen LogP contribution >= 0.6 is 0 Å². The molecule has 0 spiro atoms. The Bertz CT molecular complexity index is 1290. The second-order valence-electron chi connectivity index (χ2n) is 9.91. The predicted octanol–water partition coefficient (Wildman–Crippen LogP) is 2.15. The minimum Gasteiger partial charge on any atom is -0.507 e. The maximum atomic E-state index is 14.1. The van der Waals surface area contributed by atoms with Crippen LogP contribution in [0.3, 0.4) is 0 Å². The number of benzene rings is 2. The third-order valence-electron chi connectivity index (χ3n) is 8.47. The summed E-state index contributed by atoms with van der Waals surface area (Å²) in [6.07, 6.45) is 0.577. The number of methoxy groups -OCH3 is 4. The van der Waals surface area contributed by atoms with E-state index in [1.54, 1.807) is 25.9 Å². The summed E-state index contributed by atoms with van der Waals surface area (Å²) >= 11 is 0. The average Bonchev–Trinajstić information content (AvgIpc) is 2.89. The van der Waals surface area contributed by atoms with E-state index in [4.69, 9.17) is 18.9 Å². The number of aliphatic hydroxyl groups excluding tert-OH is 1. The zero-order valence-corrected chi connectivity index (χ0v) is 22.2. The van der Waals surface area contributed by atoms with Gasteiger partial charge < -0.3 is 39.2 Å². The molecule has 2 aromatic rings. The first-order chi connectivity index (χ1) is 17.7. The Hall–Kier alpha value is -3.37. The molecule has 0 aliphatic carbocycles. The molecule has 0 aromatic heterocycles. The molecule has 2 aromatic carbocycles. The Morgan fingerprint density at radius 3 is 1.78 bits per heavy atom. The number of ether oxygens (including phenoxy) is 4. The van der Waals surface area contributed by atoms with Crippen LogP contribution in [0.15, 0.2) is 0 Å². The maximum absolute atomic E-state index is 14.1. The zero-order valence-electron chi connectivity index (χ0n) is 22.2. The van der Waals surface area contributed by atoms with Crippen molar-refractivity contribution in [2.75, 3.05) is 42.1 Å². The normalized spacial score (nSPS) is 24.2. The lowest BCUT2D eigenvalue weighted by Crippen LogP contribution is -2.67. The molecule has 10 nitrogen and oxygen atoms in total. The highest BCUT2D eigenvalue weighted by atomic mass is 16.5. The van der Waals surface area contributed by atoms with Gasteiger partial charge in [-0.25, -0.2) is 0 Å². The fourth-order valence-electron chi connectivity index (χ4n) is 6.83. The van der Waals surface area contributed by atoms with E-state index >= 15 is 0 Å². The standard InChI is InChI=1S/C27H34N2O8/c1-11-21(31)13-8-15-20-19-14(22(32)12(2)24(35-5)26(19)37-7)9-16(28(20)3)27(33)29(15)17(10-30)18(13)25(36-6)23(11)34-4/h15-17,20,30-32H,8-10H2,1-7H3/t15-,16-,17-,20-/m0/s1. The van der Waals surface area contributed by atoms with Gasteiger partial charge in [-0.05, 0) is 27.3 Å². The summed E-state index contributed by atoms with van der Waals surface area (Å²) < 4.78 is 22.8. The molecule has 3 heterocycles. The zero-order chi connectivity index (χ0) is 26.9. The number of likely N-dealkylation sites (N-methyl/N-ethyl adjacent to an activating group) is 1. The first-order valence-corrected chi connectivity index (χ1v) is 12.3. The summed E-state index contributed by atoms with van der Waals surface area (Å²) in [6.45, 7) is 3.14. The molecule has 1 amide bonds. The van der Waals surface area contributed by atoms with Crippen molar-refractivity contribution in [3.05, 3.63) is 33.4 Å². The molecule has 1 saturated heterocycles. The van der Waals surface area contributed by atoms with E-state index in [0.717, 1.165) is 5.56 Å². The third-order valence-corrected chi connectivity index (χ3v) is 8.47. The van der Waals surface area contributed by atoms with Gasteiger partial charge in [0.25, 0.3) is 0 Å². The number of carbonyl (C=O) groups excluding carboxylic acids is 1. The van der Waals surface area contributed by atoms with Gasteiger partial charge in [-0.15, -0.1) is 0 Å². The molecule has 5 rings (SSSR count). The third kappa shape index (κ3) is 3.15. The molecule has 3 aliphatic rings. The minimum atomic E-state index is -0.760. The summed E-state index contributed by atoms with van der Waals surface area (Å²) in [5.41, 5.74) is 3.64. The Morgan fingerprint density at radius 2 is 1.30 bits per heavy atom. The van der Waals surface area contributed by atoms with Crippen LogP contribution in [-0.2, 0) is 17.6 Å². The number of hydrogen-bond donors (Lipinski definition) is 3. The van der Waals surface area contributed by atoms with Crippen LogP contribution < -0.4 is 18.9 Å². The number of piperazine rings is 1. The van der Waals surface area contributed by atoms with Crippen LogP contribution in [0.1, 0.15) is 45.5 Å². The fourth-order valence-corrected chi connectivity index (χ4v) is 6.83. The molecule has 1 fully saturated rings. The molecule has 10 heteroatoms. The van der Waals surface area contributed by atoms with Gasteiger partial charge in [-0.2, -0.15) is 0 Å². The van der Waals surface area contributed by atoms with Crippen molar-refractivity contribution in [2.24, 2.45) is 0 Å². The second kappa shape index (κ2) is 8.88. The van der Waals surface area contributed by atoms with Crippen LogP contribution in [0.5, 0.6) is 34.5 Å². The lowest BCUT2D eigenvalue weighted by Gasteiger charge is -2.57. The van der Waals surface area contributed by atoms with E-state index in [0.29, 0.717) is 57.2 Å². The van der Waals surface area contributed by atoms with Crippen molar-refractivity contribution in [1.82, 2.24) is 9.80 Å². The molecule has 3 N–H and O–H groups in total. The number of fused-ring (bicyclic) bond motifs is 7. The number of rotatable bonds is 5. The Labute approximate surface area is 215 Å². The highest BCUT2D eigenvalue weighted by molar-refractivity contribution is 5.87. The highest BCUT2D eigenvalue weighted by Crippen LogP contribution is 2.58. The lowest BCUT2D eigenvalue weighted by atomic mass is 9.73. The van der Waals surface area contributed by atoms with Gasteiger partial charge in [0.15, 0.2) is 23.0 Å². The molecule has 0 unspecified atom stereocenters. The summed E-state index contributed by atoms with van der Waals surface area (Å²) in [6, 6.07) is -2.18. The van der Waals surface area contributed by atoms with E-state index in [9.17, 15) is 20.1 Å². The molecule has 200 valence electrons. The van der Waals surface area contributed by atoms with E-state index in [-0.39, 0.29) is 30.4 Å². The smallest absolute Gasteiger partial charge is 0.241 e. The monoisotopic (exact) mass is 514 g/mol. The van der Waals surface area contributed by atoms with Crippen LogP contribution in [0.25, 0.3) is 0 Å². The largest absolute Gasteiger partial charge is 0.507 e. The van der Waals surface area contributed by atoms with Crippen molar-refractivity contribution in [3.8, 4) is 34.5 Å². The van der Waals surface area contributed by atoms with Gasteiger partial charge in [0.1, 0.15) is 11.5 Å². The molecule has 2 bridgehead atoms. The van der Waals surface area contributed by atoms with Gasteiger partial charge in [0, 0.05) is 39.8 Å². The van der Waals surface area contributed by atoms with Crippen LogP contribution in [-0.4, -0.2) is 85.2 Å². The van der Waals surface area contributed by atoms with Crippen LogP contribution in [0.4, 0.5) is 0 Å². The van der Waals surface area contributed by atoms with E-state index in [1.807, 2.05) is 11.9 Å². The van der Waals surface area contributed by atoms with Crippen LogP contribution in [0.2, 0.25) is 0 Å². The first-order valence-electron chi connectivity index (χ1n) is 12.3. The van der Waals surface area contributed by atoms with E-state index < -0.39 is 24.2 Å². The molecule has 4 atom stereocenters. The summed E-state index contributed by atoms with van der Waals surface area (Å²) in [5, 5.41) is 33.1. The average molecular weight is 515 g/mol. The topological polar surface area (TPSA) is 121 Å². The SMILES string of the molecule is COc1c(C)c(O)c2c(c1OC)[C@@H]1[C@@H]3Cc4c(O)c(C)c(OC)c(OC)c4[C@H](CO)N3C(=O)[C@H](C2)N1C. The van der Waals surface area contributed by atoms with Crippen molar-refractivity contribution < 1.29 is 39.1 Å². The van der Waals surface area contributed by atoms with Gasteiger partial charge in [0.05, 0.1) is 59.2 Å². The Kier molecular flexibility index (Phi) is 6.07. The molecule has 0 saturated carbocycles. The molecular formula is C27H34N2O8. The number of aromatic hydroxyl groups is 2. The minimum absolute atomic E-state index is 0.0512. The Balaban J connectivity index is 1.81. The molecular weight excluding hydrogens is 480 g/mol. The lowest BCUT2D eigenvalue weighted by molar-refractivity contribution is -0.158. The summed E-state index contributed by atoms with van der Waals surface area (Å²) in [7, 11) is 7.98. The predicted molar refractivity (Wildman–Crippen MR) is 134 cm³/mol. The van der Waals surface area contributed by atoms with Gasteiger partial charge in [-0.1, -0.05) is 0 Å². The van der Waals surface area contributed by atoms with Gasteiger partial charge in [-0.3, -0.25) is 9.69 Å². The number of phenolic OH excluding ortho intramolecular Hbond substituents is 2. The van der Waals surface area contributed by atoms with Crippen molar-refractivity contribution in [2.45, 2.75) is 50.9 Å². The van der Waals surface area contributed by atoms with Crippen molar-refractivity contribution in [3.63, 3.8) is 0 Å². The molecule has 0 radical (unpaired) electrons.